The lowest BCUT2D eigenvalue weighted by molar-refractivity contribution is -0.0133. The van der Waals surface area contributed by atoms with Gasteiger partial charge in [-0.2, -0.15) is 0 Å². The average Bonchev–Trinajstić information content (AvgIpc) is 3.13. The van der Waals surface area contributed by atoms with Crippen molar-refractivity contribution in [2.24, 2.45) is 5.92 Å². The van der Waals surface area contributed by atoms with Crippen molar-refractivity contribution in [1.29, 1.82) is 0 Å². The van der Waals surface area contributed by atoms with Gasteiger partial charge in [-0.1, -0.05) is 0 Å². The molecule has 4 rings (SSSR count). The van der Waals surface area contributed by atoms with Crippen LogP contribution in [0.15, 0.2) is 5.38 Å². The first-order chi connectivity index (χ1) is 11.2. The van der Waals surface area contributed by atoms with E-state index in [4.69, 9.17) is 9.47 Å². The Balaban J connectivity index is 1.19. The lowest BCUT2D eigenvalue weighted by Gasteiger charge is -2.47. The first-order valence-corrected chi connectivity index (χ1v) is 10.5. The third-order valence-corrected chi connectivity index (χ3v) is 7.66. The molecule has 1 spiro atoms. The molecule has 0 aliphatic carbocycles. The van der Waals surface area contributed by atoms with Crippen LogP contribution in [0.5, 0.6) is 0 Å². The highest BCUT2D eigenvalue weighted by atomic mass is 32.2. The summed E-state index contributed by atoms with van der Waals surface area (Å²) in [4.78, 5) is 7.11. The van der Waals surface area contributed by atoms with Crippen LogP contribution in [0, 0.1) is 12.8 Å². The van der Waals surface area contributed by atoms with Crippen LogP contribution in [0.2, 0.25) is 0 Å². The van der Waals surface area contributed by atoms with Gasteiger partial charge in [0.25, 0.3) is 0 Å². The monoisotopic (exact) mass is 354 g/mol. The first-order valence-electron chi connectivity index (χ1n) is 8.67. The number of hydrogen-bond acceptors (Lipinski definition) is 6. The predicted octanol–water partition coefficient (Wildman–Crippen LogP) is 2.95. The van der Waals surface area contributed by atoms with E-state index < -0.39 is 0 Å². The lowest BCUT2D eigenvalue weighted by Crippen LogP contribution is -2.58. The van der Waals surface area contributed by atoms with E-state index in [0.29, 0.717) is 10.9 Å². The zero-order chi connectivity index (χ0) is 15.7. The molecular formula is C17H26N2O2S2. The fourth-order valence-corrected chi connectivity index (χ4v) is 6.28. The summed E-state index contributed by atoms with van der Waals surface area (Å²) in [6, 6.07) is 0. The zero-order valence-electron chi connectivity index (χ0n) is 13.8. The maximum absolute atomic E-state index is 6.23. The molecule has 3 fully saturated rings. The molecule has 6 heteroatoms. The van der Waals surface area contributed by atoms with Crippen molar-refractivity contribution in [3.63, 3.8) is 0 Å². The lowest BCUT2D eigenvalue weighted by atomic mass is 9.93. The highest BCUT2D eigenvalue weighted by Gasteiger charge is 2.49. The quantitative estimate of drug-likeness (QED) is 0.812. The molecule has 4 heterocycles. The number of likely N-dealkylation sites (tertiary alicyclic amines) is 1. The predicted molar refractivity (Wildman–Crippen MR) is 95.2 cm³/mol. The largest absolute Gasteiger partial charge is 0.381 e. The normalized spacial score (nSPS) is 28.3. The number of aryl methyl sites for hydroxylation is 1. The minimum atomic E-state index is 0.465. The Bertz CT molecular complexity index is 524. The second-order valence-electron chi connectivity index (χ2n) is 7.24. The van der Waals surface area contributed by atoms with Gasteiger partial charge in [-0.3, -0.25) is 4.90 Å². The smallest absolute Gasteiger partial charge is 0.107 e. The molecule has 1 atom stereocenters. The standard InChI is InChI=1S/C17H26N2O2S2/c1-13-9-22-16(18-13)7-19-11-17(12-19)6-15(10-23-17)21-8-14-2-4-20-5-3-14/h9,14-15H,2-8,10-12H2,1H3/t15-/m0/s1. The van der Waals surface area contributed by atoms with Crippen molar-refractivity contribution >= 4 is 23.1 Å². The van der Waals surface area contributed by atoms with Gasteiger partial charge in [0.05, 0.1) is 12.6 Å². The molecule has 0 N–H and O–H groups in total. The molecule has 1 aromatic rings. The third-order valence-electron chi connectivity index (χ3n) is 5.13. The Morgan fingerprint density at radius 2 is 2.22 bits per heavy atom. The molecule has 0 radical (unpaired) electrons. The maximum Gasteiger partial charge on any atom is 0.107 e. The molecule has 0 unspecified atom stereocenters. The second-order valence-corrected chi connectivity index (χ2v) is 9.67. The summed E-state index contributed by atoms with van der Waals surface area (Å²) in [5.41, 5.74) is 1.15. The third kappa shape index (κ3) is 3.93. The van der Waals surface area contributed by atoms with Crippen LogP contribution < -0.4 is 0 Å². The summed E-state index contributed by atoms with van der Waals surface area (Å²) in [6.07, 6.45) is 4.04. The molecular weight excluding hydrogens is 328 g/mol. The molecule has 3 aliphatic heterocycles. The minimum Gasteiger partial charge on any atom is -0.381 e. The van der Waals surface area contributed by atoms with E-state index in [1.165, 1.54) is 43.1 Å². The number of hydrogen-bond donors (Lipinski definition) is 0. The highest BCUT2D eigenvalue weighted by Crippen LogP contribution is 2.46. The highest BCUT2D eigenvalue weighted by molar-refractivity contribution is 8.01. The van der Waals surface area contributed by atoms with E-state index in [0.717, 1.165) is 38.0 Å². The van der Waals surface area contributed by atoms with Crippen LogP contribution in [0.25, 0.3) is 0 Å². The van der Waals surface area contributed by atoms with E-state index in [9.17, 15) is 0 Å². The minimum absolute atomic E-state index is 0.465. The number of thioether (sulfide) groups is 1. The van der Waals surface area contributed by atoms with Gasteiger partial charge in [0.15, 0.2) is 0 Å². The van der Waals surface area contributed by atoms with Crippen LogP contribution in [0.1, 0.15) is 30.0 Å². The fraction of sp³-hybridized carbons (Fsp3) is 0.824. The van der Waals surface area contributed by atoms with Crippen LogP contribution in [0.4, 0.5) is 0 Å². The molecule has 1 aromatic heterocycles. The van der Waals surface area contributed by atoms with E-state index in [2.05, 4.69) is 33.9 Å². The number of aromatic nitrogens is 1. The van der Waals surface area contributed by atoms with E-state index in [1.807, 2.05) is 0 Å². The Hall–Kier alpha value is -0.140. The van der Waals surface area contributed by atoms with Crippen LogP contribution >= 0.6 is 23.1 Å². The van der Waals surface area contributed by atoms with Crippen LogP contribution in [-0.2, 0) is 16.0 Å². The molecule has 0 saturated carbocycles. The first kappa shape index (κ1) is 16.3. The van der Waals surface area contributed by atoms with E-state index in [1.54, 1.807) is 11.3 Å². The summed E-state index contributed by atoms with van der Waals surface area (Å²) >= 11 is 3.93. The molecule has 3 aliphatic rings. The molecule has 0 amide bonds. The zero-order valence-corrected chi connectivity index (χ0v) is 15.5. The maximum atomic E-state index is 6.23. The van der Waals surface area contributed by atoms with Gasteiger partial charge in [0, 0.05) is 54.5 Å². The molecule has 3 saturated heterocycles. The molecule has 128 valence electrons. The van der Waals surface area contributed by atoms with Crippen molar-refractivity contribution in [1.82, 2.24) is 9.88 Å². The summed E-state index contributed by atoms with van der Waals surface area (Å²) in [7, 11) is 0. The molecule has 4 nitrogen and oxygen atoms in total. The van der Waals surface area contributed by atoms with Crippen molar-refractivity contribution in [2.75, 3.05) is 38.7 Å². The topological polar surface area (TPSA) is 34.6 Å². The SMILES string of the molecule is Cc1csc(CN2CC3(C[C@H](OCC4CCOCC4)CS3)C2)n1. The number of nitrogens with zero attached hydrogens (tertiary/aromatic N) is 2. The number of ether oxygens (including phenoxy) is 2. The van der Waals surface area contributed by atoms with Crippen LogP contribution in [-0.4, -0.2) is 59.4 Å². The van der Waals surface area contributed by atoms with Crippen molar-refractivity contribution < 1.29 is 9.47 Å². The van der Waals surface area contributed by atoms with E-state index >= 15 is 0 Å². The molecule has 23 heavy (non-hydrogen) atoms. The van der Waals surface area contributed by atoms with Crippen molar-refractivity contribution in [3.8, 4) is 0 Å². The summed E-state index contributed by atoms with van der Waals surface area (Å²) < 4.78 is 12.1. The fourth-order valence-electron chi connectivity index (χ4n) is 3.86. The summed E-state index contributed by atoms with van der Waals surface area (Å²) in [6.45, 7) is 8.28. The van der Waals surface area contributed by atoms with Gasteiger partial charge in [-0.05, 0) is 32.1 Å². The van der Waals surface area contributed by atoms with Gasteiger partial charge >= 0.3 is 0 Å². The number of thiazole rings is 1. The Morgan fingerprint density at radius 3 is 2.96 bits per heavy atom. The molecule has 0 bridgehead atoms. The van der Waals surface area contributed by atoms with Gasteiger partial charge < -0.3 is 9.47 Å². The van der Waals surface area contributed by atoms with E-state index in [-0.39, 0.29) is 0 Å². The Labute approximate surface area is 146 Å². The Kier molecular flexibility index (Phi) is 4.97. The van der Waals surface area contributed by atoms with Gasteiger partial charge in [0.2, 0.25) is 0 Å². The van der Waals surface area contributed by atoms with Gasteiger partial charge in [0.1, 0.15) is 5.01 Å². The van der Waals surface area contributed by atoms with Crippen molar-refractivity contribution in [3.05, 3.63) is 16.1 Å². The average molecular weight is 355 g/mol. The van der Waals surface area contributed by atoms with Gasteiger partial charge in [-0.25, -0.2) is 4.98 Å². The summed E-state index contributed by atoms with van der Waals surface area (Å²) in [5.74, 6) is 1.89. The number of rotatable bonds is 5. The van der Waals surface area contributed by atoms with Crippen LogP contribution in [0.3, 0.4) is 0 Å². The summed E-state index contributed by atoms with van der Waals surface area (Å²) in [5, 5.41) is 3.41. The Morgan fingerprint density at radius 1 is 1.39 bits per heavy atom. The second kappa shape index (κ2) is 7.00. The molecule has 0 aromatic carbocycles. The van der Waals surface area contributed by atoms with Crippen molar-refractivity contribution in [2.45, 2.75) is 43.6 Å². The van der Waals surface area contributed by atoms with Gasteiger partial charge in [-0.15, -0.1) is 23.1 Å².